The van der Waals surface area contributed by atoms with Gasteiger partial charge in [-0.3, -0.25) is 5.43 Å². The number of thiazole rings is 1. The van der Waals surface area contributed by atoms with Crippen LogP contribution in [0.25, 0.3) is 11.3 Å². The summed E-state index contributed by atoms with van der Waals surface area (Å²) < 4.78 is 0. The van der Waals surface area contributed by atoms with E-state index in [1.165, 1.54) is 16.0 Å². The predicted molar refractivity (Wildman–Crippen MR) is 69.6 cm³/mol. The molecule has 1 aromatic carbocycles. The van der Waals surface area contributed by atoms with Gasteiger partial charge in [-0.05, 0) is 38.0 Å². The molecule has 0 bridgehead atoms. The van der Waals surface area contributed by atoms with Crippen LogP contribution in [0.2, 0.25) is 0 Å². The Hall–Kier alpha value is -1.39. The van der Waals surface area contributed by atoms with Crippen LogP contribution in [0.1, 0.15) is 16.0 Å². The third-order valence-electron chi connectivity index (χ3n) is 2.70. The van der Waals surface area contributed by atoms with Gasteiger partial charge in [0.1, 0.15) is 0 Å². The van der Waals surface area contributed by atoms with Gasteiger partial charge in [0.25, 0.3) is 0 Å². The van der Waals surface area contributed by atoms with Gasteiger partial charge in [0.05, 0.1) is 5.69 Å². The van der Waals surface area contributed by atoms with Gasteiger partial charge in [0, 0.05) is 10.4 Å². The molecule has 0 amide bonds. The Morgan fingerprint density at radius 2 is 1.94 bits per heavy atom. The van der Waals surface area contributed by atoms with Crippen LogP contribution in [-0.4, -0.2) is 4.98 Å². The Kier molecular flexibility index (Phi) is 2.94. The molecule has 0 saturated heterocycles. The minimum atomic E-state index is 0.755. The van der Waals surface area contributed by atoms with Crippen LogP contribution in [0.3, 0.4) is 0 Å². The molecule has 0 aliphatic rings. The molecule has 2 rings (SSSR count). The second kappa shape index (κ2) is 4.23. The first kappa shape index (κ1) is 11.1. The summed E-state index contributed by atoms with van der Waals surface area (Å²) in [6.07, 6.45) is 0. The van der Waals surface area contributed by atoms with E-state index in [9.17, 15) is 0 Å². The predicted octanol–water partition coefficient (Wildman–Crippen LogP) is 3.02. The van der Waals surface area contributed by atoms with E-state index < -0.39 is 0 Å². The SMILES string of the molecule is Cc1ccc(-c2nc(NN)sc2C)cc1C. The summed E-state index contributed by atoms with van der Waals surface area (Å²) in [5, 5.41) is 0.755. The van der Waals surface area contributed by atoms with E-state index in [1.54, 1.807) is 11.3 Å². The van der Waals surface area contributed by atoms with Crippen LogP contribution in [0.4, 0.5) is 5.13 Å². The lowest BCUT2D eigenvalue weighted by molar-refractivity contribution is 1.27. The molecule has 0 atom stereocenters. The Morgan fingerprint density at radius 1 is 1.19 bits per heavy atom. The maximum absolute atomic E-state index is 5.36. The third kappa shape index (κ3) is 1.94. The summed E-state index contributed by atoms with van der Waals surface area (Å²) in [4.78, 5) is 5.63. The van der Waals surface area contributed by atoms with Crippen LogP contribution in [0.15, 0.2) is 18.2 Å². The van der Waals surface area contributed by atoms with Crippen molar-refractivity contribution in [2.75, 3.05) is 5.43 Å². The summed E-state index contributed by atoms with van der Waals surface area (Å²) in [5.41, 5.74) is 7.34. The van der Waals surface area contributed by atoms with Crippen LogP contribution >= 0.6 is 11.3 Å². The number of nitrogens with one attached hydrogen (secondary N) is 1. The number of rotatable bonds is 2. The quantitative estimate of drug-likeness (QED) is 0.619. The number of aromatic nitrogens is 1. The highest BCUT2D eigenvalue weighted by Gasteiger charge is 2.09. The molecule has 0 saturated carbocycles. The van der Waals surface area contributed by atoms with E-state index >= 15 is 0 Å². The topological polar surface area (TPSA) is 50.9 Å². The molecule has 1 aromatic heterocycles. The molecule has 3 nitrogen and oxygen atoms in total. The van der Waals surface area contributed by atoms with Gasteiger partial charge in [-0.15, -0.1) is 11.3 Å². The lowest BCUT2D eigenvalue weighted by Gasteiger charge is -2.03. The number of hydrogen-bond acceptors (Lipinski definition) is 4. The molecule has 4 heteroatoms. The van der Waals surface area contributed by atoms with Gasteiger partial charge in [-0.2, -0.15) is 0 Å². The van der Waals surface area contributed by atoms with Crippen molar-refractivity contribution in [2.45, 2.75) is 20.8 Å². The molecule has 84 valence electrons. The zero-order valence-corrected chi connectivity index (χ0v) is 10.5. The molecule has 0 spiro atoms. The largest absolute Gasteiger partial charge is 0.300 e. The van der Waals surface area contributed by atoms with Gasteiger partial charge in [0.15, 0.2) is 5.13 Å². The number of hydrazine groups is 1. The number of nitrogen functional groups attached to an aromatic ring is 1. The molecular formula is C12H15N3S. The highest BCUT2D eigenvalue weighted by Crippen LogP contribution is 2.30. The number of aryl methyl sites for hydroxylation is 3. The second-order valence-corrected chi connectivity index (χ2v) is 5.07. The molecule has 0 fully saturated rings. The van der Waals surface area contributed by atoms with E-state index in [0.717, 1.165) is 16.4 Å². The highest BCUT2D eigenvalue weighted by atomic mass is 32.1. The Labute approximate surface area is 99.3 Å². The van der Waals surface area contributed by atoms with E-state index in [0.29, 0.717) is 0 Å². The minimum absolute atomic E-state index is 0.755. The summed E-state index contributed by atoms with van der Waals surface area (Å²) >= 11 is 1.57. The van der Waals surface area contributed by atoms with Crippen LogP contribution in [0.5, 0.6) is 0 Å². The van der Waals surface area contributed by atoms with Crippen molar-refractivity contribution in [3.8, 4) is 11.3 Å². The van der Waals surface area contributed by atoms with Crippen LogP contribution < -0.4 is 11.3 Å². The Balaban J connectivity index is 2.49. The lowest BCUT2D eigenvalue weighted by atomic mass is 10.0. The first-order valence-corrected chi connectivity index (χ1v) is 5.95. The van der Waals surface area contributed by atoms with Crippen LogP contribution in [-0.2, 0) is 0 Å². The van der Waals surface area contributed by atoms with Crippen molar-refractivity contribution in [1.29, 1.82) is 0 Å². The van der Waals surface area contributed by atoms with E-state index in [2.05, 4.69) is 49.4 Å². The summed E-state index contributed by atoms with van der Waals surface area (Å²) in [6, 6.07) is 6.39. The minimum Gasteiger partial charge on any atom is -0.300 e. The summed E-state index contributed by atoms with van der Waals surface area (Å²) in [6.45, 7) is 6.28. The zero-order valence-electron chi connectivity index (χ0n) is 9.66. The normalized spacial score (nSPS) is 10.5. The molecule has 2 aromatic rings. The van der Waals surface area contributed by atoms with E-state index in [1.807, 2.05) is 0 Å². The van der Waals surface area contributed by atoms with Gasteiger partial charge < -0.3 is 0 Å². The average Bonchev–Trinajstić information content (AvgIpc) is 2.64. The number of nitrogens with zero attached hydrogens (tertiary/aromatic N) is 1. The number of hydrogen-bond donors (Lipinski definition) is 2. The van der Waals surface area contributed by atoms with Gasteiger partial charge >= 0.3 is 0 Å². The maximum Gasteiger partial charge on any atom is 0.197 e. The third-order valence-corrected chi connectivity index (χ3v) is 3.60. The molecule has 0 aliphatic carbocycles. The first-order valence-electron chi connectivity index (χ1n) is 5.13. The molecule has 0 aliphatic heterocycles. The number of benzene rings is 1. The van der Waals surface area contributed by atoms with Gasteiger partial charge in [-0.1, -0.05) is 12.1 Å². The van der Waals surface area contributed by atoms with E-state index in [-0.39, 0.29) is 0 Å². The summed E-state index contributed by atoms with van der Waals surface area (Å²) in [5.74, 6) is 5.36. The van der Waals surface area contributed by atoms with Gasteiger partial charge in [0.2, 0.25) is 0 Å². The Morgan fingerprint density at radius 3 is 2.50 bits per heavy atom. The molecule has 0 radical (unpaired) electrons. The Bertz CT molecular complexity index is 517. The fourth-order valence-electron chi connectivity index (χ4n) is 1.61. The fourth-order valence-corrected chi connectivity index (χ4v) is 2.36. The van der Waals surface area contributed by atoms with Crippen molar-refractivity contribution >= 4 is 16.5 Å². The lowest BCUT2D eigenvalue weighted by Crippen LogP contribution is -2.05. The maximum atomic E-state index is 5.36. The fraction of sp³-hybridized carbons (Fsp3) is 0.250. The second-order valence-electron chi connectivity index (χ2n) is 3.87. The zero-order chi connectivity index (χ0) is 11.7. The standard InChI is InChI=1S/C12H15N3S/c1-7-4-5-10(6-8(7)2)11-9(3)16-12(14-11)15-13/h4-6H,13H2,1-3H3,(H,14,15). The average molecular weight is 233 g/mol. The highest BCUT2D eigenvalue weighted by molar-refractivity contribution is 7.15. The first-order chi connectivity index (χ1) is 7.61. The molecule has 3 N–H and O–H groups in total. The molecular weight excluding hydrogens is 218 g/mol. The summed E-state index contributed by atoms with van der Waals surface area (Å²) in [7, 11) is 0. The van der Waals surface area contributed by atoms with E-state index in [4.69, 9.17) is 5.84 Å². The smallest absolute Gasteiger partial charge is 0.197 e. The molecule has 1 heterocycles. The van der Waals surface area contributed by atoms with Gasteiger partial charge in [-0.25, -0.2) is 10.8 Å². The monoisotopic (exact) mass is 233 g/mol. The van der Waals surface area contributed by atoms with Crippen molar-refractivity contribution in [3.63, 3.8) is 0 Å². The van der Waals surface area contributed by atoms with Crippen molar-refractivity contribution in [2.24, 2.45) is 5.84 Å². The van der Waals surface area contributed by atoms with Crippen molar-refractivity contribution in [1.82, 2.24) is 4.98 Å². The number of nitrogens with two attached hydrogens (primary N) is 1. The molecule has 0 unspecified atom stereocenters. The molecule has 16 heavy (non-hydrogen) atoms. The van der Waals surface area contributed by atoms with Crippen molar-refractivity contribution < 1.29 is 0 Å². The van der Waals surface area contributed by atoms with Crippen LogP contribution in [0, 0.1) is 20.8 Å². The van der Waals surface area contributed by atoms with Crippen molar-refractivity contribution in [3.05, 3.63) is 34.2 Å². The number of anilines is 1.